The Hall–Kier alpha value is -2.16. The Balaban J connectivity index is 2.02. The zero-order valence-electron chi connectivity index (χ0n) is 17.0. The minimum absolute atomic E-state index is 0.278. The molecule has 0 heterocycles. The van der Waals surface area contributed by atoms with Crippen molar-refractivity contribution >= 4 is 20.2 Å². The summed E-state index contributed by atoms with van der Waals surface area (Å²) in [7, 11) is -8.92. The first-order valence-corrected chi connectivity index (χ1v) is 11.9. The van der Waals surface area contributed by atoms with Gasteiger partial charge in [0, 0.05) is 6.42 Å². The molecule has 0 amide bonds. The molecule has 0 radical (unpaired) electrons. The number of hydrogen-bond donors (Lipinski definition) is 0. The van der Waals surface area contributed by atoms with E-state index in [9.17, 15) is 43.2 Å². The van der Waals surface area contributed by atoms with Gasteiger partial charge in [-0.15, -0.1) is 0 Å². The molecule has 0 saturated carbocycles. The fourth-order valence-electron chi connectivity index (χ4n) is 2.71. The summed E-state index contributed by atoms with van der Waals surface area (Å²) in [5.74, 6) is 0. The van der Waals surface area contributed by atoms with Gasteiger partial charge in [-0.2, -0.15) is 43.2 Å². The summed E-state index contributed by atoms with van der Waals surface area (Å²) in [5, 5.41) is 0. The first-order valence-electron chi connectivity index (χ1n) is 9.13. The molecule has 0 saturated heterocycles. The van der Waals surface area contributed by atoms with Crippen molar-refractivity contribution < 1.29 is 51.5 Å². The number of benzene rings is 2. The SMILES string of the molecule is CC(CC(C)OS(=O)(=O)c1ccc(C(F)(F)F)cc1)OS(=O)(=O)c1ccc(C(F)(F)F)cc1. The van der Waals surface area contributed by atoms with Crippen LogP contribution in [-0.4, -0.2) is 29.0 Å². The van der Waals surface area contributed by atoms with E-state index in [0.29, 0.717) is 24.3 Å². The molecule has 2 rings (SSSR count). The smallest absolute Gasteiger partial charge is 0.263 e. The molecule has 0 fully saturated rings. The van der Waals surface area contributed by atoms with Crippen LogP contribution in [-0.2, 0) is 41.0 Å². The van der Waals surface area contributed by atoms with E-state index in [2.05, 4.69) is 0 Å². The van der Waals surface area contributed by atoms with Gasteiger partial charge in [0.1, 0.15) is 0 Å². The maximum absolute atomic E-state index is 12.6. The van der Waals surface area contributed by atoms with Crippen LogP contribution in [0.5, 0.6) is 0 Å². The first kappa shape index (κ1) is 27.1. The van der Waals surface area contributed by atoms with Gasteiger partial charge in [0.05, 0.1) is 33.1 Å². The van der Waals surface area contributed by atoms with Gasteiger partial charge in [-0.25, -0.2) is 0 Å². The molecule has 0 spiro atoms. The fourth-order valence-corrected chi connectivity index (χ4v) is 4.89. The van der Waals surface area contributed by atoms with E-state index in [4.69, 9.17) is 8.37 Å². The van der Waals surface area contributed by atoms with Crippen molar-refractivity contribution in [2.45, 2.75) is 54.6 Å². The Morgan fingerprint density at radius 2 is 0.909 bits per heavy atom. The van der Waals surface area contributed by atoms with E-state index in [1.165, 1.54) is 13.8 Å². The van der Waals surface area contributed by atoms with Crippen molar-refractivity contribution in [1.82, 2.24) is 0 Å². The Morgan fingerprint density at radius 3 is 1.15 bits per heavy atom. The highest BCUT2D eigenvalue weighted by Gasteiger charge is 2.32. The Morgan fingerprint density at radius 1 is 0.636 bits per heavy atom. The second-order valence-electron chi connectivity index (χ2n) is 7.00. The highest BCUT2D eigenvalue weighted by molar-refractivity contribution is 7.87. The topological polar surface area (TPSA) is 86.7 Å². The lowest BCUT2D eigenvalue weighted by Crippen LogP contribution is -2.24. The molecular formula is C19H18F6O6S2. The molecule has 0 aliphatic rings. The average Bonchev–Trinajstić information content (AvgIpc) is 2.65. The molecule has 14 heteroatoms. The molecular weight excluding hydrogens is 502 g/mol. The Labute approximate surface area is 186 Å². The predicted molar refractivity (Wildman–Crippen MR) is 103 cm³/mol. The van der Waals surface area contributed by atoms with Gasteiger partial charge in [0.15, 0.2) is 0 Å². The molecule has 6 nitrogen and oxygen atoms in total. The van der Waals surface area contributed by atoms with Crippen LogP contribution in [0.3, 0.4) is 0 Å². The second kappa shape index (κ2) is 9.60. The summed E-state index contributed by atoms with van der Waals surface area (Å²) in [6.07, 6.45) is -11.9. The quantitative estimate of drug-likeness (QED) is 0.360. The minimum atomic E-state index is -4.65. The summed E-state index contributed by atoms with van der Waals surface area (Å²) >= 11 is 0. The Bertz CT molecular complexity index is 1060. The molecule has 2 aromatic carbocycles. The molecule has 0 aliphatic carbocycles. The predicted octanol–water partition coefficient (Wildman–Crippen LogP) is 5.00. The number of halogens is 6. The van der Waals surface area contributed by atoms with E-state index in [0.717, 1.165) is 24.3 Å². The van der Waals surface area contributed by atoms with Crippen molar-refractivity contribution in [3.63, 3.8) is 0 Å². The van der Waals surface area contributed by atoms with Crippen molar-refractivity contribution in [2.75, 3.05) is 0 Å². The summed E-state index contributed by atoms with van der Waals surface area (Å²) in [6.45, 7) is 2.54. The molecule has 2 atom stereocenters. The summed E-state index contributed by atoms with van der Waals surface area (Å²) < 4.78 is 134. The zero-order valence-corrected chi connectivity index (χ0v) is 18.6. The van der Waals surface area contributed by atoms with Gasteiger partial charge < -0.3 is 0 Å². The van der Waals surface area contributed by atoms with Crippen LogP contribution < -0.4 is 0 Å². The zero-order chi connectivity index (χ0) is 25.2. The van der Waals surface area contributed by atoms with Crippen molar-refractivity contribution in [2.24, 2.45) is 0 Å². The van der Waals surface area contributed by atoms with Crippen molar-refractivity contribution in [3.05, 3.63) is 59.7 Å². The van der Waals surface area contributed by atoms with Gasteiger partial charge in [0.2, 0.25) is 0 Å². The van der Waals surface area contributed by atoms with Crippen LogP contribution in [0.4, 0.5) is 26.3 Å². The van der Waals surface area contributed by atoms with Crippen LogP contribution in [0.15, 0.2) is 58.3 Å². The van der Waals surface area contributed by atoms with Crippen LogP contribution in [0.25, 0.3) is 0 Å². The molecule has 0 bridgehead atoms. The standard InChI is InChI=1S/C19H18F6O6S2/c1-12(30-32(26,27)16-7-3-14(4-8-16)18(20,21)22)11-13(2)31-33(28,29)17-9-5-15(6-10-17)19(23,24)25/h3-10,12-13H,11H2,1-2H3. The normalized spacial score (nSPS) is 15.3. The molecule has 2 unspecified atom stereocenters. The van der Waals surface area contributed by atoms with Crippen LogP contribution >= 0.6 is 0 Å². The van der Waals surface area contributed by atoms with Gasteiger partial charge in [-0.3, -0.25) is 8.37 Å². The molecule has 0 N–H and O–H groups in total. The third-order valence-electron chi connectivity index (χ3n) is 4.19. The molecule has 0 aromatic heterocycles. The maximum Gasteiger partial charge on any atom is 0.416 e. The highest BCUT2D eigenvalue weighted by Crippen LogP contribution is 2.31. The van der Waals surface area contributed by atoms with Gasteiger partial charge >= 0.3 is 12.4 Å². The lowest BCUT2D eigenvalue weighted by molar-refractivity contribution is -0.138. The lowest BCUT2D eigenvalue weighted by Gasteiger charge is -2.18. The third kappa shape index (κ3) is 7.42. The molecule has 184 valence electrons. The van der Waals surface area contributed by atoms with E-state index < -0.39 is 65.7 Å². The summed E-state index contributed by atoms with van der Waals surface area (Å²) in [6, 6.07) is 5.18. The number of rotatable bonds is 8. The monoisotopic (exact) mass is 520 g/mol. The maximum atomic E-state index is 12.6. The molecule has 33 heavy (non-hydrogen) atoms. The van der Waals surface area contributed by atoms with Crippen LogP contribution in [0, 0.1) is 0 Å². The number of alkyl halides is 6. The first-order chi connectivity index (χ1) is 14.9. The minimum Gasteiger partial charge on any atom is -0.263 e. The van der Waals surface area contributed by atoms with Crippen LogP contribution in [0.2, 0.25) is 0 Å². The molecule has 0 aliphatic heterocycles. The third-order valence-corrected chi connectivity index (χ3v) is 7.05. The van der Waals surface area contributed by atoms with Crippen molar-refractivity contribution in [1.29, 1.82) is 0 Å². The van der Waals surface area contributed by atoms with E-state index in [1.807, 2.05) is 0 Å². The van der Waals surface area contributed by atoms with Gasteiger partial charge in [-0.05, 0) is 62.4 Å². The Kier molecular flexibility index (Phi) is 7.88. The number of hydrogen-bond acceptors (Lipinski definition) is 6. The highest BCUT2D eigenvalue weighted by atomic mass is 32.2. The van der Waals surface area contributed by atoms with Gasteiger partial charge in [0.25, 0.3) is 20.2 Å². The lowest BCUT2D eigenvalue weighted by atomic mass is 10.2. The molecule has 2 aromatic rings. The van der Waals surface area contributed by atoms with E-state index in [-0.39, 0.29) is 6.42 Å². The summed E-state index contributed by atoms with van der Waals surface area (Å²) in [5.41, 5.74) is -2.10. The van der Waals surface area contributed by atoms with Crippen LogP contribution in [0.1, 0.15) is 31.4 Å². The van der Waals surface area contributed by atoms with E-state index >= 15 is 0 Å². The van der Waals surface area contributed by atoms with E-state index in [1.54, 1.807) is 0 Å². The van der Waals surface area contributed by atoms with Gasteiger partial charge in [-0.1, -0.05) is 0 Å². The second-order valence-corrected chi connectivity index (χ2v) is 10.1. The largest absolute Gasteiger partial charge is 0.416 e. The van der Waals surface area contributed by atoms with Crippen molar-refractivity contribution in [3.8, 4) is 0 Å². The fraction of sp³-hybridized carbons (Fsp3) is 0.368. The average molecular weight is 520 g/mol. The summed E-state index contributed by atoms with van der Waals surface area (Å²) in [4.78, 5) is -1.07.